The van der Waals surface area contributed by atoms with Gasteiger partial charge in [-0.25, -0.2) is 4.98 Å². The predicted octanol–water partition coefficient (Wildman–Crippen LogP) is 5.86. The molecule has 258 valence electrons. The molecule has 3 aliphatic heterocycles. The molecule has 0 saturated carbocycles. The number of nitrogens with zero attached hydrogens (tertiary/aromatic N) is 6. The first-order valence-electron chi connectivity index (χ1n) is 18.0. The molecule has 0 atom stereocenters. The van der Waals surface area contributed by atoms with Crippen LogP contribution in [-0.4, -0.2) is 133 Å². The minimum Gasteiger partial charge on any atom is -0.487 e. The lowest BCUT2D eigenvalue weighted by molar-refractivity contribution is -0.0506. The van der Waals surface area contributed by atoms with E-state index in [-0.39, 0.29) is 16.7 Å². The van der Waals surface area contributed by atoms with Gasteiger partial charge in [0.1, 0.15) is 17.2 Å². The monoisotopic (exact) mass is 629 g/mol. The third-order valence-electron chi connectivity index (χ3n) is 10.1. The Kier molecular flexibility index (Phi) is 12.3. The minimum atomic E-state index is -0.207. The van der Waals surface area contributed by atoms with Gasteiger partial charge in [0.05, 0.1) is 18.4 Å². The third-order valence-corrected chi connectivity index (χ3v) is 10.1. The average molecular weight is 629 g/mol. The molecule has 0 unspecified atom stereocenters. The maximum Gasteiger partial charge on any atom is 0.138 e. The molecule has 8 heteroatoms. The number of ether oxygens (including phenoxy) is 2. The molecule has 0 bridgehead atoms. The highest BCUT2D eigenvalue weighted by atomic mass is 16.5. The molecule has 3 saturated heterocycles. The molecule has 0 N–H and O–H groups in total. The number of anilines is 1. The molecule has 0 aliphatic carbocycles. The highest BCUT2D eigenvalue weighted by molar-refractivity contribution is 5.41. The largest absolute Gasteiger partial charge is 0.487 e. The van der Waals surface area contributed by atoms with Gasteiger partial charge in [0.2, 0.25) is 0 Å². The van der Waals surface area contributed by atoms with Crippen molar-refractivity contribution in [3.63, 3.8) is 0 Å². The van der Waals surface area contributed by atoms with Crippen molar-refractivity contribution in [3.8, 4) is 5.75 Å². The Bertz CT molecular complexity index is 1010. The van der Waals surface area contributed by atoms with E-state index in [1.807, 2.05) is 12.3 Å². The molecule has 0 aromatic carbocycles. The molecule has 0 spiro atoms. The Balaban J connectivity index is 1.08. The second kappa shape index (κ2) is 15.2. The molecule has 1 aromatic heterocycles. The van der Waals surface area contributed by atoms with Crippen LogP contribution in [0.2, 0.25) is 0 Å². The van der Waals surface area contributed by atoms with Crippen molar-refractivity contribution in [2.45, 2.75) is 118 Å². The van der Waals surface area contributed by atoms with Gasteiger partial charge in [-0.05, 0) is 98.2 Å². The van der Waals surface area contributed by atoms with Crippen molar-refractivity contribution < 1.29 is 9.47 Å². The van der Waals surface area contributed by atoms with E-state index in [1.54, 1.807) is 0 Å². The Hall–Kier alpha value is -1.45. The zero-order valence-electron chi connectivity index (χ0n) is 30.8. The topological polar surface area (TPSA) is 47.6 Å². The fraction of sp³-hybridized carbons (Fsp3) is 0.865. The van der Waals surface area contributed by atoms with Crippen LogP contribution < -0.4 is 9.64 Å². The molecule has 4 heterocycles. The lowest BCUT2D eigenvalue weighted by atomic mass is 9.89. The Morgan fingerprint density at radius 1 is 0.733 bits per heavy atom. The second-order valence-electron chi connectivity index (χ2n) is 17.4. The van der Waals surface area contributed by atoms with Gasteiger partial charge >= 0.3 is 0 Å². The molecular formula is C37H68N6O2. The number of rotatable bonds is 14. The number of hydrogen-bond donors (Lipinski definition) is 0. The number of hydrogen-bond acceptors (Lipinski definition) is 8. The highest BCUT2D eigenvalue weighted by Gasteiger charge is 2.37. The molecule has 4 rings (SSSR count). The molecule has 0 radical (unpaired) electrons. The fourth-order valence-corrected chi connectivity index (χ4v) is 6.94. The van der Waals surface area contributed by atoms with Crippen LogP contribution in [0.1, 0.15) is 94.9 Å². The predicted molar refractivity (Wildman–Crippen MR) is 189 cm³/mol. The van der Waals surface area contributed by atoms with Gasteiger partial charge in [-0.1, -0.05) is 20.8 Å². The van der Waals surface area contributed by atoms with E-state index in [4.69, 9.17) is 9.47 Å². The normalized spacial score (nSPS) is 20.9. The number of likely N-dealkylation sites (tertiary alicyclic amines) is 1. The van der Waals surface area contributed by atoms with E-state index in [0.717, 1.165) is 69.8 Å². The lowest BCUT2D eigenvalue weighted by Crippen LogP contribution is -2.64. The summed E-state index contributed by atoms with van der Waals surface area (Å²) in [6, 6.07) is 4.90. The van der Waals surface area contributed by atoms with Gasteiger partial charge in [-0.3, -0.25) is 14.7 Å². The first-order chi connectivity index (χ1) is 21.0. The molecule has 3 aliphatic rings. The molecule has 3 fully saturated rings. The maximum absolute atomic E-state index is 6.49. The van der Waals surface area contributed by atoms with Gasteiger partial charge in [0.25, 0.3) is 0 Å². The van der Waals surface area contributed by atoms with Crippen LogP contribution in [-0.2, 0) is 4.74 Å². The Labute approximate surface area is 276 Å². The third kappa shape index (κ3) is 11.9. The van der Waals surface area contributed by atoms with E-state index in [9.17, 15) is 0 Å². The molecule has 8 nitrogen and oxygen atoms in total. The summed E-state index contributed by atoms with van der Waals surface area (Å²) in [6.45, 7) is 37.2. The van der Waals surface area contributed by atoms with Crippen molar-refractivity contribution in [2.24, 2.45) is 5.41 Å². The SMILES string of the molecule is CC(C)(C)CCCN1CC(N2CCN(C(C)(C)CCC(C)(C)OCCN3CCN(c4ccc(OC(C)(C)C)cn4)CC3)CC2)C1. The van der Waals surface area contributed by atoms with Crippen molar-refractivity contribution in [2.75, 3.05) is 90.0 Å². The summed E-state index contributed by atoms with van der Waals surface area (Å²) in [7, 11) is 0. The number of pyridine rings is 1. The quantitative estimate of drug-likeness (QED) is 0.254. The summed E-state index contributed by atoms with van der Waals surface area (Å²) in [6.07, 6.45) is 6.75. The van der Waals surface area contributed by atoms with E-state index < -0.39 is 0 Å². The van der Waals surface area contributed by atoms with Gasteiger partial charge in [-0.2, -0.15) is 0 Å². The molecular weight excluding hydrogens is 560 g/mol. The van der Waals surface area contributed by atoms with Crippen LogP contribution in [0, 0.1) is 5.41 Å². The van der Waals surface area contributed by atoms with Gasteiger partial charge in [-0.15, -0.1) is 0 Å². The van der Waals surface area contributed by atoms with E-state index >= 15 is 0 Å². The summed E-state index contributed by atoms with van der Waals surface area (Å²) < 4.78 is 12.4. The highest BCUT2D eigenvalue weighted by Crippen LogP contribution is 2.29. The van der Waals surface area contributed by atoms with Gasteiger partial charge in [0.15, 0.2) is 0 Å². The van der Waals surface area contributed by atoms with Crippen molar-refractivity contribution in [3.05, 3.63) is 18.3 Å². The zero-order valence-corrected chi connectivity index (χ0v) is 30.8. The standard InChI is InChI=1S/C37H68N6O2/c1-34(2,3)14-11-17-40-29-31(30-40)41-22-24-43(25-23-41)36(7,8)15-16-37(9,10)44-27-26-39-18-20-42(21-19-39)33-13-12-32(28-38-33)45-35(4,5)6/h12-13,28,31H,11,14-27,29-30H2,1-10H3. The van der Waals surface area contributed by atoms with Gasteiger partial charge < -0.3 is 19.3 Å². The van der Waals surface area contributed by atoms with Gasteiger partial charge in [0, 0.05) is 83.6 Å². The smallest absolute Gasteiger partial charge is 0.138 e. The molecule has 1 aromatic rings. The van der Waals surface area contributed by atoms with E-state index in [2.05, 4.69) is 105 Å². The minimum absolute atomic E-state index is 0.107. The number of piperazine rings is 2. The summed E-state index contributed by atoms with van der Waals surface area (Å²) in [5.74, 6) is 1.86. The Morgan fingerprint density at radius 2 is 1.40 bits per heavy atom. The zero-order chi connectivity index (χ0) is 32.9. The summed E-state index contributed by atoms with van der Waals surface area (Å²) in [5.41, 5.74) is 0.346. The molecule has 0 amide bonds. The van der Waals surface area contributed by atoms with E-state index in [0.29, 0.717) is 5.41 Å². The average Bonchev–Trinajstić information content (AvgIpc) is 2.93. The van der Waals surface area contributed by atoms with E-state index in [1.165, 1.54) is 58.7 Å². The summed E-state index contributed by atoms with van der Waals surface area (Å²) >= 11 is 0. The lowest BCUT2D eigenvalue weighted by Gasteiger charge is -2.51. The van der Waals surface area contributed by atoms with Crippen molar-refractivity contribution in [1.82, 2.24) is 24.6 Å². The van der Waals surface area contributed by atoms with Crippen LogP contribution in [0.4, 0.5) is 5.82 Å². The van der Waals surface area contributed by atoms with Crippen LogP contribution in [0.15, 0.2) is 18.3 Å². The van der Waals surface area contributed by atoms with Crippen LogP contribution >= 0.6 is 0 Å². The van der Waals surface area contributed by atoms with Crippen molar-refractivity contribution in [1.29, 1.82) is 0 Å². The first-order valence-corrected chi connectivity index (χ1v) is 18.0. The number of aromatic nitrogens is 1. The fourth-order valence-electron chi connectivity index (χ4n) is 6.94. The summed E-state index contributed by atoms with van der Waals surface area (Å²) in [4.78, 5) is 17.7. The van der Waals surface area contributed by atoms with Crippen LogP contribution in [0.5, 0.6) is 5.75 Å². The van der Waals surface area contributed by atoms with Crippen LogP contribution in [0.25, 0.3) is 0 Å². The van der Waals surface area contributed by atoms with Crippen molar-refractivity contribution >= 4 is 5.82 Å². The van der Waals surface area contributed by atoms with Crippen LogP contribution in [0.3, 0.4) is 0 Å². The maximum atomic E-state index is 6.49. The first kappa shape index (κ1) is 36.4. The molecule has 45 heavy (non-hydrogen) atoms. The summed E-state index contributed by atoms with van der Waals surface area (Å²) in [5, 5.41) is 0. The second-order valence-corrected chi connectivity index (χ2v) is 17.4. The Morgan fingerprint density at radius 3 is 1.98 bits per heavy atom.